The van der Waals surface area contributed by atoms with Crippen molar-refractivity contribution in [1.29, 1.82) is 0 Å². The number of primary amides is 1. The van der Waals surface area contributed by atoms with Crippen LogP contribution in [0.1, 0.15) is 10.4 Å². The summed E-state index contributed by atoms with van der Waals surface area (Å²) in [6.07, 6.45) is 0. The number of rotatable bonds is 2. The smallest absolute Gasteiger partial charge is 0.254 e. The number of amides is 1. The molecule has 0 aliphatic rings. The van der Waals surface area contributed by atoms with Crippen molar-refractivity contribution in [2.24, 2.45) is 12.8 Å². The molecule has 0 unspecified atom stereocenters. The summed E-state index contributed by atoms with van der Waals surface area (Å²) in [5.74, 6) is -0.341. The molecule has 1 aromatic carbocycles. The third-order valence-corrected chi connectivity index (χ3v) is 2.52. The second-order valence-corrected chi connectivity index (χ2v) is 3.72. The molecule has 0 saturated carbocycles. The zero-order chi connectivity index (χ0) is 12.6. The summed E-state index contributed by atoms with van der Waals surface area (Å²) in [5, 5.41) is 4.18. The van der Waals surface area contributed by atoms with Crippen molar-refractivity contribution in [3.05, 3.63) is 29.8 Å². The molecule has 0 spiro atoms. The molecule has 0 saturated heterocycles. The Hall–Kier alpha value is -2.50. The number of hydrogen-bond donors (Lipinski definition) is 3. The van der Waals surface area contributed by atoms with E-state index in [0.717, 1.165) is 5.56 Å². The van der Waals surface area contributed by atoms with Gasteiger partial charge in [-0.15, -0.1) is 0 Å². The van der Waals surface area contributed by atoms with Crippen LogP contribution in [0.4, 0.5) is 11.5 Å². The minimum Gasteiger partial charge on any atom is -0.399 e. The van der Waals surface area contributed by atoms with Crippen LogP contribution in [-0.4, -0.2) is 15.7 Å². The van der Waals surface area contributed by atoms with Gasteiger partial charge in [0, 0.05) is 18.3 Å². The van der Waals surface area contributed by atoms with Crippen LogP contribution < -0.4 is 17.2 Å². The lowest BCUT2D eigenvalue weighted by Gasteiger charge is -2.00. The summed E-state index contributed by atoms with van der Waals surface area (Å²) < 4.78 is 1.42. The molecule has 0 fully saturated rings. The lowest BCUT2D eigenvalue weighted by molar-refractivity contribution is 0.100. The summed E-state index contributed by atoms with van der Waals surface area (Å²) in [6.45, 7) is 0. The zero-order valence-corrected chi connectivity index (χ0v) is 9.34. The van der Waals surface area contributed by atoms with E-state index in [0.29, 0.717) is 11.4 Å². The number of aromatic nitrogens is 2. The Morgan fingerprint density at radius 1 is 1.24 bits per heavy atom. The molecule has 6 nitrogen and oxygen atoms in total. The molecule has 6 N–H and O–H groups in total. The quantitative estimate of drug-likeness (QED) is 0.647. The molecule has 2 aromatic rings. The number of carbonyl (C=O) groups excluding carboxylic acids is 1. The molecule has 88 valence electrons. The first-order valence-electron chi connectivity index (χ1n) is 4.99. The average molecular weight is 231 g/mol. The van der Waals surface area contributed by atoms with E-state index in [1.54, 1.807) is 31.3 Å². The highest BCUT2D eigenvalue weighted by Crippen LogP contribution is 2.26. The number of carbonyl (C=O) groups is 1. The van der Waals surface area contributed by atoms with Crippen molar-refractivity contribution in [3.8, 4) is 11.3 Å². The molecule has 2 rings (SSSR count). The first kappa shape index (κ1) is 11.0. The number of nitrogens with two attached hydrogens (primary N) is 3. The van der Waals surface area contributed by atoms with Crippen molar-refractivity contribution < 1.29 is 4.79 Å². The Morgan fingerprint density at radius 2 is 1.82 bits per heavy atom. The predicted molar refractivity (Wildman–Crippen MR) is 66.0 cm³/mol. The van der Waals surface area contributed by atoms with Crippen LogP contribution in [0, 0.1) is 0 Å². The fourth-order valence-electron chi connectivity index (χ4n) is 1.62. The van der Waals surface area contributed by atoms with Crippen LogP contribution in [0.3, 0.4) is 0 Å². The summed E-state index contributed by atoms with van der Waals surface area (Å²) in [6, 6.07) is 6.99. The monoisotopic (exact) mass is 231 g/mol. The van der Waals surface area contributed by atoms with Crippen LogP contribution in [0.5, 0.6) is 0 Å². The lowest BCUT2D eigenvalue weighted by atomic mass is 10.1. The Kier molecular flexibility index (Phi) is 2.47. The molecule has 1 aromatic heterocycles. The van der Waals surface area contributed by atoms with Crippen molar-refractivity contribution in [3.63, 3.8) is 0 Å². The highest BCUT2D eigenvalue weighted by Gasteiger charge is 2.19. The van der Waals surface area contributed by atoms with Gasteiger partial charge in [-0.25, -0.2) is 0 Å². The minimum atomic E-state index is -0.595. The summed E-state index contributed by atoms with van der Waals surface area (Å²) in [5.41, 5.74) is 18.7. The Bertz CT molecular complexity index is 570. The van der Waals surface area contributed by atoms with E-state index in [4.69, 9.17) is 17.2 Å². The topological polar surface area (TPSA) is 113 Å². The molecule has 0 atom stereocenters. The maximum absolute atomic E-state index is 11.4. The first-order valence-corrected chi connectivity index (χ1v) is 4.99. The zero-order valence-electron chi connectivity index (χ0n) is 9.34. The van der Waals surface area contributed by atoms with E-state index >= 15 is 0 Å². The molecule has 0 bridgehead atoms. The predicted octanol–water partition coefficient (Wildman–Crippen LogP) is 0.350. The minimum absolute atomic E-state index is 0.234. The molecule has 17 heavy (non-hydrogen) atoms. The lowest BCUT2D eigenvalue weighted by Crippen LogP contribution is -2.14. The number of nitrogens with zero attached hydrogens (tertiary/aromatic N) is 2. The second-order valence-electron chi connectivity index (χ2n) is 3.72. The van der Waals surface area contributed by atoms with Gasteiger partial charge < -0.3 is 17.2 Å². The largest absolute Gasteiger partial charge is 0.399 e. The van der Waals surface area contributed by atoms with Crippen molar-refractivity contribution >= 4 is 17.4 Å². The van der Waals surface area contributed by atoms with E-state index in [-0.39, 0.29) is 11.4 Å². The molecular weight excluding hydrogens is 218 g/mol. The van der Waals surface area contributed by atoms with Crippen molar-refractivity contribution in [2.75, 3.05) is 11.5 Å². The third kappa shape index (κ3) is 1.80. The number of hydrogen-bond acceptors (Lipinski definition) is 4. The molecule has 0 radical (unpaired) electrons. The van der Waals surface area contributed by atoms with E-state index < -0.39 is 5.91 Å². The normalized spacial score (nSPS) is 10.4. The Labute approximate surface area is 98.0 Å². The van der Waals surface area contributed by atoms with Gasteiger partial charge in [0.2, 0.25) is 0 Å². The van der Waals surface area contributed by atoms with Crippen LogP contribution in [0.15, 0.2) is 24.3 Å². The van der Waals surface area contributed by atoms with Gasteiger partial charge in [0.05, 0.1) is 0 Å². The maximum atomic E-state index is 11.4. The third-order valence-electron chi connectivity index (χ3n) is 2.52. The van der Waals surface area contributed by atoms with Crippen LogP contribution in [0.25, 0.3) is 11.3 Å². The van der Waals surface area contributed by atoms with Gasteiger partial charge >= 0.3 is 0 Å². The highest BCUT2D eigenvalue weighted by atomic mass is 16.1. The summed E-state index contributed by atoms with van der Waals surface area (Å²) >= 11 is 0. The molecular formula is C11H13N5O. The maximum Gasteiger partial charge on any atom is 0.254 e. The second kappa shape index (κ2) is 3.82. The van der Waals surface area contributed by atoms with Gasteiger partial charge in [0.25, 0.3) is 5.91 Å². The van der Waals surface area contributed by atoms with Gasteiger partial charge in [-0.2, -0.15) is 5.10 Å². The van der Waals surface area contributed by atoms with E-state index in [1.807, 2.05) is 0 Å². The fourth-order valence-corrected chi connectivity index (χ4v) is 1.62. The van der Waals surface area contributed by atoms with Gasteiger partial charge in [0.1, 0.15) is 17.1 Å². The SMILES string of the molecule is Cn1nc(-c2ccc(N)cc2)c(C(N)=O)c1N. The molecule has 0 aliphatic carbocycles. The van der Waals surface area contributed by atoms with Crippen LogP contribution >= 0.6 is 0 Å². The summed E-state index contributed by atoms with van der Waals surface area (Å²) in [4.78, 5) is 11.4. The summed E-state index contributed by atoms with van der Waals surface area (Å²) in [7, 11) is 1.66. The standard InChI is InChI=1S/C11H13N5O/c1-16-10(13)8(11(14)17)9(15-16)6-2-4-7(12)5-3-6/h2-5H,12-13H2,1H3,(H2,14,17). The number of anilines is 2. The first-order chi connectivity index (χ1) is 8.00. The van der Waals surface area contributed by atoms with E-state index in [9.17, 15) is 4.79 Å². The van der Waals surface area contributed by atoms with Gasteiger partial charge in [-0.3, -0.25) is 9.48 Å². The van der Waals surface area contributed by atoms with Gasteiger partial charge in [-0.05, 0) is 12.1 Å². The molecule has 1 heterocycles. The van der Waals surface area contributed by atoms with Crippen molar-refractivity contribution in [2.45, 2.75) is 0 Å². The highest BCUT2D eigenvalue weighted by molar-refractivity contribution is 6.03. The van der Waals surface area contributed by atoms with E-state index in [2.05, 4.69) is 5.10 Å². The Balaban J connectivity index is 2.63. The van der Waals surface area contributed by atoms with Gasteiger partial charge in [0.15, 0.2) is 0 Å². The average Bonchev–Trinajstić information content (AvgIpc) is 2.56. The number of nitrogen functional groups attached to an aromatic ring is 2. The molecule has 6 heteroatoms. The molecule has 0 aliphatic heterocycles. The molecule has 1 amide bonds. The van der Waals surface area contributed by atoms with Crippen molar-refractivity contribution in [1.82, 2.24) is 9.78 Å². The van der Waals surface area contributed by atoms with Crippen LogP contribution in [-0.2, 0) is 7.05 Å². The Morgan fingerprint density at radius 3 is 2.35 bits per heavy atom. The number of aryl methyl sites for hydroxylation is 1. The van der Waals surface area contributed by atoms with Gasteiger partial charge in [-0.1, -0.05) is 12.1 Å². The fraction of sp³-hybridized carbons (Fsp3) is 0.0909. The number of benzene rings is 1. The van der Waals surface area contributed by atoms with E-state index in [1.165, 1.54) is 4.68 Å². The van der Waals surface area contributed by atoms with Crippen LogP contribution in [0.2, 0.25) is 0 Å².